The number of nitriles is 1. The van der Waals surface area contributed by atoms with Crippen LogP contribution in [0.1, 0.15) is 5.01 Å². The van der Waals surface area contributed by atoms with Gasteiger partial charge in [-0.3, -0.25) is 0 Å². The van der Waals surface area contributed by atoms with Crippen LogP contribution in [0, 0.1) is 11.3 Å². The summed E-state index contributed by atoms with van der Waals surface area (Å²) in [7, 11) is 0. The lowest BCUT2D eigenvalue weighted by molar-refractivity contribution is 1.30. The number of rotatable bonds is 1. The van der Waals surface area contributed by atoms with E-state index in [9.17, 15) is 0 Å². The van der Waals surface area contributed by atoms with E-state index in [1.807, 2.05) is 29.8 Å². The number of hydrogen-bond acceptors (Lipinski definition) is 3. The van der Waals surface area contributed by atoms with Crippen molar-refractivity contribution in [2.45, 2.75) is 0 Å². The van der Waals surface area contributed by atoms with E-state index in [0.717, 1.165) is 11.4 Å². The normalized spacial score (nSPS) is 9.58. The molecule has 0 saturated carbocycles. The predicted octanol–water partition coefficient (Wildman–Crippen LogP) is 2.01. The fourth-order valence-corrected chi connectivity index (χ4v) is 1.55. The van der Waals surface area contributed by atoms with E-state index in [1.54, 1.807) is 0 Å². The first-order valence-corrected chi connectivity index (χ1v) is 4.27. The Labute approximate surface area is 73.3 Å². The molecule has 12 heavy (non-hydrogen) atoms. The maximum absolute atomic E-state index is 8.54. The number of aromatic amines is 1. The first kappa shape index (κ1) is 7.07. The molecular weight excluding hydrogens is 170 g/mol. The third-order valence-corrected chi connectivity index (χ3v) is 2.22. The van der Waals surface area contributed by atoms with Gasteiger partial charge < -0.3 is 4.98 Å². The van der Waals surface area contributed by atoms with E-state index in [0.29, 0.717) is 5.01 Å². The van der Waals surface area contributed by atoms with Gasteiger partial charge in [-0.15, -0.1) is 11.3 Å². The van der Waals surface area contributed by atoms with E-state index in [1.165, 1.54) is 11.3 Å². The summed E-state index contributed by atoms with van der Waals surface area (Å²) in [5, 5.41) is 10.9. The summed E-state index contributed by atoms with van der Waals surface area (Å²) in [5.74, 6) is 0. The first-order chi connectivity index (χ1) is 5.90. The Balaban J connectivity index is 2.44. The molecule has 2 rings (SSSR count). The standard InChI is InChI=1S/C8H5N3S/c9-4-8-11-7(5-12-8)6-2-1-3-10-6/h1-3,5,10H. The summed E-state index contributed by atoms with van der Waals surface area (Å²) in [6.07, 6.45) is 1.83. The van der Waals surface area contributed by atoms with Gasteiger partial charge >= 0.3 is 0 Å². The highest BCUT2D eigenvalue weighted by atomic mass is 32.1. The quantitative estimate of drug-likeness (QED) is 0.720. The van der Waals surface area contributed by atoms with E-state index in [2.05, 4.69) is 9.97 Å². The zero-order valence-corrected chi connectivity index (χ0v) is 6.93. The van der Waals surface area contributed by atoms with Crippen molar-refractivity contribution in [2.24, 2.45) is 0 Å². The van der Waals surface area contributed by atoms with Gasteiger partial charge in [0.1, 0.15) is 6.07 Å². The summed E-state index contributed by atoms with van der Waals surface area (Å²) in [6, 6.07) is 5.83. The summed E-state index contributed by atoms with van der Waals surface area (Å²) in [6.45, 7) is 0. The molecule has 58 valence electrons. The molecule has 0 aliphatic rings. The van der Waals surface area contributed by atoms with Gasteiger partial charge in [-0.25, -0.2) is 4.98 Å². The predicted molar refractivity (Wildman–Crippen MR) is 46.6 cm³/mol. The Hall–Kier alpha value is -1.60. The number of nitrogens with zero attached hydrogens (tertiary/aromatic N) is 2. The van der Waals surface area contributed by atoms with Crippen molar-refractivity contribution in [1.29, 1.82) is 5.26 Å². The Morgan fingerprint density at radius 3 is 3.08 bits per heavy atom. The lowest BCUT2D eigenvalue weighted by atomic mass is 10.3. The fourth-order valence-electron chi connectivity index (χ4n) is 0.938. The number of nitrogens with one attached hydrogen (secondary N) is 1. The van der Waals surface area contributed by atoms with Crippen LogP contribution in [0.4, 0.5) is 0 Å². The summed E-state index contributed by atoms with van der Waals surface area (Å²) < 4.78 is 0. The topological polar surface area (TPSA) is 52.5 Å². The Bertz CT molecular complexity index is 408. The van der Waals surface area contributed by atoms with Gasteiger partial charge in [0.25, 0.3) is 0 Å². The number of thiazole rings is 1. The molecule has 3 nitrogen and oxygen atoms in total. The molecule has 0 amide bonds. The van der Waals surface area contributed by atoms with E-state index in [-0.39, 0.29) is 0 Å². The molecular formula is C8H5N3S. The zero-order valence-electron chi connectivity index (χ0n) is 6.11. The Morgan fingerprint density at radius 1 is 1.58 bits per heavy atom. The molecule has 0 bridgehead atoms. The third-order valence-electron chi connectivity index (χ3n) is 1.47. The average molecular weight is 175 g/mol. The minimum atomic E-state index is 0.500. The van der Waals surface area contributed by atoms with Crippen LogP contribution in [-0.4, -0.2) is 9.97 Å². The molecule has 2 heterocycles. The fraction of sp³-hybridized carbons (Fsp3) is 0. The second-order valence-electron chi connectivity index (χ2n) is 2.23. The Morgan fingerprint density at radius 2 is 2.50 bits per heavy atom. The van der Waals surface area contributed by atoms with Gasteiger partial charge in [-0.05, 0) is 12.1 Å². The molecule has 0 aliphatic carbocycles. The van der Waals surface area contributed by atoms with Crippen LogP contribution in [0.5, 0.6) is 0 Å². The maximum atomic E-state index is 8.54. The minimum Gasteiger partial charge on any atom is -0.360 e. The van der Waals surface area contributed by atoms with Gasteiger partial charge in [0.2, 0.25) is 0 Å². The molecule has 0 unspecified atom stereocenters. The highest BCUT2D eigenvalue weighted by Crippen LogP contribution is 2.18. The van der Waals surface area contributed by atoms with Crippen molar-refractivity contribution in [3.63, 3.8) is 0 Å². The molecule has 0 atom stereocenters. The number of hydrogen-bond donors (Lipinski definition) is 1. The SMILES string of the molecule is N#Cc1nc(-c2ccc[nH]2)cs1. The van der Waals surface area contributed by atoms with Gasteiger partial charge in [-0.2, -0.15) is 5.26 Å². The van der Waals surface area contributed by atoms with Crippen molar-refractivity contribution in [3.05, 3.63) is 28.7 Å². The molecule has 2 aromatic rings. The largest absolute Gasteiger partial charge is 0.360 e. The van der Waals surface area contributed by atoms with E-state index >= 15 is 0 Å². The molecule has 4 heteroatoms. The van der Waals surface area contributed by atoms with Crippen LogP contribution in [0.3, 0.4) is 0 Å². The highest BCUT2D eigenvalue weighted by Gasteiger charge is 2.02. The molecule has 0 spiro atoms. The van der Waals surface area contributed by atoms with Crippen molar-refractivity contribution >= 4 is 11.3 Å². The van der Waals surface area contributed by atoms with Crippen LogP contribution < -0.4 is 0 Å². The van der Waals surface area contributed by atoms with Crippen molar-refractivity contribution in [3.8, 4) is 17.5 Å². The monoisotopic (exact) mass is 175 g/mol. The molecule has 0 aliphatic heterocycles. The maximum Gasteiger partial charge on any atom is 0.194 e. The van der Waals surface area contributed by atoms with Gasteiger partial charge in [-0.1, -0.05) is 0 Å². The summed E-state index contributed by atoms with van der Waals surface area (Å²) in [4.78, 5) is 7.12. The van der Waals surface area contributed by atoms with Crippen LogP contribution in [0.15, 0.2) is 23.7 Å². The molecule has 1 N–H and O–H groups in total. The van der Waals surface area contributed by atoms with Crippen LogP contribution >= 0.6 is 11.3 Å². The molecule has 0 radical (unpaired) electrons. The number of aromatic nitrogens is 2. The van der Waals surface area contributed by atoms with E-state index < -0.39 is 0 Å². The average Bonchev–Trinajstić information content (AvgIpc) is 2.75. The van der Waals surface area contributed by atoms with E-state index in [4.69, 9.17) is 5.26 Å². The zero-order chi connectivity index (χ0) is 8.39. The first-order valence-electron chi connectivity index (χ1n) is 3.39. The summed E-state index contributed by atoms with van der Waals surface area (Å²) in [5.41, 5.74) is 1.79. The van der Waals surface area contributed by atoms with Gasteiger partial charge in [0.05, 0.1) is 11.4 Å². The minimum absolute atomic E-state index is 0.500. The lowest BCUT2D eigenvalue weighted by Gasteiger charge is -1.86. The van der Waals surface area contributed by atoms with Crippen LogP contribution in [0.2, 0.25) is 0 Å². The molecule has 0 saturated heterocycles. The highest BCUT2D eigenvalue weighted by molar-refractivity contribution is 7.10. The van der Waals surface area contributed by atoms with Crippen molar-refractivity contribution < 1.29 is 0 Å². The third kappa shape index (κ3) is 1.11. The van der Waals surface area contributed by atoms with Gasteiger partial charge in [0.15, 0.2) is 5.01 Å². The molecule has 0 aromatic carbocycles. The van der Waals surface area contributed by atoms with Crippen LogP contribution in [-0.2, 0) is 0 Å². The smallest absolute Gasteiger partial charge is 0.194 e. The second kappa shape index (κ2) is 2.80. The van der Waals surface area contributed by atoms with Crippen molar-refractivity contribution in [1.82, 2.24) is 9.97 Å². The molecule has 0 fully saturated rings. The van der Waals surface area contributed by atoms with Gasteiger partial charge in [0, 0.05) is 11.6 Å². The molecule has 2 aromatic heterocycles. The van der Waals surface area contributed by atoms with Crippen LogP contribution in [0.25, 0.3) is 11.4 Å². The lowest BCUT2D eigenvalue weighted by Crippen LogP contribution is -1.76. The summed E-state index contributed by atoms with van der Waals surface area (Å²) >= 11 is 1.36. The Kier molecular flexibility index (Phi) is 1.65. The number of H-pyrrole nitrogens is 1. The second-order valence-corrected chi connectivity index (χ2v) is 3.09. The van der Waals surface area contributed by atoms with Crippen molar-refractivity contribution in [2.75, 3.05) is 0 Å².